The first-order valence-electron chi connectivity index (χ1n) is 7.50. The van der Waals surface area contributed by atoms with Gasteiger partial charge in [-0.3, -0.25) is 9.36 Å². The summed E-state index contributed by atoms with van der Waals surface area (Å²) in [7, 11) is 0. The first kappa shape index (κ1) is 18.9. The Morgan fingerprint density at radius 3 is 2.71 bits per heavy atom. The van der Waals surface area contributed by atoms with E-state index in [0.29, 0.717) is 27.4 Å². The molecule has 0 fully saturated rings. The fourth-order valence-electron chi connectivity index (χ4n) is 1.96. The Bertz CT molecular complexity index is 755. The largest absolute Gasteiger partial charge is 0.343 e. The van der Waals surface area contributed by atoms with Crippen molar-refractivity contribution in [2.24, 2.45) is 0 Å². The number of aromatic amines is 1. The Kier molecular flexibility index (Phi) is 6.77. The van der Waals surface area contributed by atoms with Gasteiger partial charge in [0.15, 0.2) is 5.16 Å². The summed E-state index contributed by atoms with van der Waals surface area (Å²) in [5.74, 6) is -0.271. The normalized spacial score (nSPS) is 12.2. The number of nitrogens with one attached hydrogen (secondary N) is 2. The van der Waals surface area contributed by atoms with Crippen LogP contribution in [0.1, 0.15) is 26.7 Å². The minimum absolute atomic E-state index is 0.271. The van der Waals surface area contributed by atoms with Crippen LogP contribution >= 0.6 is 35.0 Å². The summed E-state index contributed by atoms with van der Waals surface area (Å²) in [6.45, 7) is 4.34. The zero-order valence-corrected chi connectivity index (χ0v) is 15.6. The number of para-hydroxylation sites is 1. The predicted molar refractivity (Wildman–Crippen MR) is 98.2 cm³/mol. The molecule has 6 nitrogen and oxygen atoms in total. The van der Waals surface area contributed by atoms with E-state index in [4.69, 9.17) is 23.2 Å². The van der Waals surface area contributed by atoms with Crippen LogP contribution in [0, 0.1) is 0 Å². The zero-order valence-electron chi connectivity index (χ0n) is 13.3. The second kappa shape index (κ2) is 8.60. The smallest absolute Gasteiger partial charge is 0.323 e. The molecule has 1 aromatic heterocycles. The van der Waals surface area contributed by atoms with Crippen molar-refractivity contribution in [3.05, 3.63) is 38.7 Å². The lowest BCUT2D eigenvalue weighted by molar-refractivity contribution is -0.115. The molecule has 0 aliphatic rings. The molecule has 130 valence electrons. The number of halogens is 2. The maximum atomic E-state index is 12.4. The van der Waals surface area contributed by atoms with E-state index < -0.39 is 5.25 Å². The van der Waals surface area contributed by atoms with Crippen LogP contribution in [-0.2, 0) is 11.3 Å². The van der Waals surface area contributed by atoms with E-state index in [9.17, 15) is 9.59 Å². The molecular weight excluding hydrogens is 371 g/mol. The SMILES string of the molecule is CCCCn1c(S[C@@H](C)C(=O)Nc2c(Cl)cccc2Cl)n[nH]c1=O. The van der Waals surface area contributed by atoms with E-state index in [0.717, 1.165) is 12.8 Å². The molecule has 1 heterocycles. The first-order valence-corrected chi connectivity index (χ1v) is 9.14. The van der Waals surface area contributed by atoms with Crippen molar-refractivity contribution in [3.63, 3.8) is 0 Å². The molecule has 2 N–H and O–H groups in total. The van der Waals surface area contributed by atoms with Gasteiger partial charge in [0.2, 0.25) is 5.91 Å². The number of nitrogens with zero attached hydrogens (tertiary/aromatic N) is 2. The van der Waals surface area contributed by atoms with E-state index in [2.05, 4.69) is 15.5 Å². The van der Waals surface area contributed by atoms with Crippen molar-refractivity contribution >= 4 is 46.6 Å². The molecule has 1 atom stereocenters. The number of amides is 1. The molecule has 0 bridgehead atoms. The van der Waals surface area contributed by atoms with Crippen LogP contribution in [0.15, 0.2) is 28.2 Å². The van der Waals surface area contributed by atoms with Crippen LogP contribution < -0.4 is 11.0 Å². The van der Waals surface area contributed by atoms with E-state index in [1.54, 1.807) is 29.7 Å². The lowest BCUT2D eigenvalue weighted by atomic mass is 10.3. The van der Waals surface area contributed by atoms with Crippen molar-refractivity contribution in [2.75, 3.05) is 5.32 Å². The third kappa shape index (κ3) is 4.55. The summed E-state index contributed by atoms with van der Waals surface area (Å²) in [5, 5.41) is 9.87. The molecule has 0 saturated carbocycles. The molecule has 0 radical (unpaired) electrons. The van der Waals surface area contributed by atoms with Crippen molar-refractivity contribution in [1.82, 2.24) is 14.8 Å². The van der Waals surface area contributed by atoms with Crippen LogP contribution in [0.5, 0.6) is 0 Å². The van der Waals surface area contributed by atoms with Crippen molar-refractivity contribution < 1.29 is 4.79 Å². The van der Waals surface area contributed by atoms with Crippen molar-refractivity contribution in [2.45, 2.75) is 43.6 Å². The number of benzene rings is 1. The monoisotopic (exact) mass is 388 g/mol. The van der Waals surface area contributed by atoms with Gasteiger partial charge in [0.25, 0.3) is 0 Å². The van der Waals surface area contributed by atoms with Crippen LogP contribution in [-0.4, -0.2) is 25.9 Å². The molecule has 1 aromatic carbocycles. The van der Waals surface area contributed by atoms with E-state index >= 15 is 0 Å². The van der Waals surface area contributed by atoms with Gasteiger partial charge in [-0.25, -0.2) is 9.89 Å². The number of carbonyl (C=O) groups is 1. The highest BCUT2D eigenvalue weighted by Gasteiger charge is 2.20. The number of hydrogen-bond donors (Lipinski definition) is 2. The highest BCUT2D eigenvalue weighted by atomic mass is 35.5. The van der Waals surface area contributed by atoms with E-state index in [1.165, 1.54) is 11.8 Å². The summed E-state index contributed by atoms with van der Waals surface area (Å²) >= 11 is 13.3. The maximum absolute atomic E-state index is 12.4. The van der Waals surface area contributed by atoms with Crippen LogP contribution in [0.2, 0.25) is 10.0 Å². The summed E-state index contributed by atoms with van der Waals surface area (Å²) in [6, 6.07) is 5.00. The van der Waals surface area contributed by atoms with Crippen LogP contribution in [0.3, 0.4) is 0 Å². The Balaban J connectivity index is 2.08. The van der Waals surface area contributed by atoms with Gasteiger partial charge < -0.3 is 5.32 Å². The van der Waals surface area contributed by atoms with Gasteiger partial charge in [-0.15, -0.1) is 5.10 Å². The topological polar surface area (TPSA) is 79.8 Å². The predicted octanol–water partition coefficient (Wildman–Crippen LogP) is 3.80. The zero-order chi connectivity index (χ0) is 17.7. The van der Waals surface area contributed by atoms with Crippen LogP contribution in [0.4, 0.5) is 5.69 Å². The Morgan fingerprint density at radius 2 is 2.08 bits per heavy atom. The highest BCUT2D eigenvalue weighted by molar-refractivity contribution is 8.00. The second-order valence-electron chi connectivity index (χ2n) is 5.16. The average molecular weight is 389 g/mol. The summed E-state index contributed by atoms with van der Waals surface area (Å²) in [5.41, 5.74) is 0.108. The third-order valence-corrected chi connectivity index (χ3v) is 5.04. The molecule has 0 aliphatic heterocycles. The summed E-state index contributed by atoms with van der Waals surface area (Å²) in [4.78, 5) is 24.2. The van der Waals surface area contributed by atoms with Crippen molar-refractivity contribution in [3.8, 4) is 0 Å². The van der Waals surface area contributed by atoms with E-state index in [-0.39, 0.29) is 11.6 Å². The van der Waals surface area contributed by atoms with Gasteiger partial charge in [-0.1, -0.05) is 54.4 Å². The molecule has 9 heteroatoms. The number of carbonyl (C=O) groups excluding carboxylic acids is 1. The third-order valence-electron chi connectivity index (χ3n) is 3.32. The van der Waals surface area contributed by atoms with Crippen LogP contribution in [0.25, 0.3) is 0 Å². The van der Waals surface area contributed by atoms with E-state index in [1.807, 2.05) is 6.92 Å². The standard InChI is InChI=1S/C15H18Cl2N4O2S/c1-3-4-8-21-14(23)19-20-15(21)24-9(2)13(22)18-12-10(16)6-5-7-11(12)17/h5-7,9H,3-4,8H2,1-2H3,(H,18,22)(H,19,23)/t9-/m0/s1. The molecule has 2 aromatic rings. The molecule has 0 unspecified atom stereocenters. The number of hydrogen-bond acceptors (Lipinski definition) is 4. The number of thioether (sulfide) groups is 1. The number of rotatable bonds is 7. The van der Waals surface area contributed by atoms with Gasteiger partial charge in [0, 0.05) is 6.54 Å². The van der Waals surface area contributed by atoms with Gasteiger partial charge in [-0.2, -0.15) is 0 Å². The number of unbranched alkanes of at least 4 members (excludes halogenated alkanes) is 1. The van der Waals surface area contributed by atoms with Gasteiger partial charge in [0.1, 0.15) is 0 Å². The minimum Gasteiger partial charge on any atom is -0.323 e. The fraction of sp³-hybridized carbons (Fsp3) is 0.400. The molecule has 0 saturated heterocycles. The molecule has 1 amide bonds. The lowest BCUT2D eigenvalue weighted by Crippen LogP contribution is -2.24. The Labute approximate surface area is 153 Å². The molecule has 24 heavy (non-hydrogen) atoms. The van der Waals surface area contributed by atoms with Crippen molar-refractivity contribution in [1.29, 1.82) is 0 Å². The number of H-pyrrole nitrogens is 1. The highest BCUT2D eigenvalue weighted by Crippen LogP contribution is 2.31. The molecule has 0 aliphatic carbocycles. The summed E-state index contributed by atoms with van der Waals surface area (Å²) < 4.78 is 1.54. The molecule has 0 spiro atoms. The fourth-order valence-corrected chi connectivity index (χ4v) is 3.33. The summed E-state index contributed by atoms with van der Waals surface area (Å²) in [6.07, 6.45) is 1.82. The average Bonchev–Trinajstić information content (AvgIpc) is 2.88. The minimum atomic E-state index is -0.479. The van der Waals surface area contributed by atoms with Gasteiger partial charge in [-0.05, 0) is 25.5 Å². The van der Waals surface area contributed by atoms with Gasteiger partial charge in [0.05, 0.1) is 21.0 Å². The van der Waals surface area contributed by atoms with Gasteiger partial charge >= 0.3 is 5.69 Å². The Morgan fingerprint density at radius 1 is 1.42 bits per heavy atom. The quantitative estimate of drug-likeness (QED) is 0.706. The second-order valence-corrected chi connectivity index (χ2v) is 7.28. The number of anilines is 1. The maximum Gasteiger partial charge on any atom is 0.343 e. The lowest BCUT2D eigenvalue weighted by Gasteiger charge is -2.14. The Hall–Kier alpha value is -1.44. The molecular formula is C15H18Cl2N4O2S. The first-order chi connectivity index (χ1) is 11.4. The molecule has 2 rings (SSSR count). The number of aromatic nitrogens is 3.